The highest BCUT2D eigenvalue weighted by Crippen LogP contribution is 2.10. The molecule has 0 aliphatic rings. The normalized spacial score (nSPS) is 11.4. The van der Waals surface area contributed by atoms with E-state index in [0.717, 1.165) is 0 Å². The van der Waals surface area contributed by atoms with Crippen LogP contribution in [0.4, 0.5) is 0 Å². The van der Waals surface area contributed by atoms with Crippen molar-refractivity contribution in [2.45, 2.75) is 40.0 Å². The summed E-state index contributed by atoms with van der Waals surface area (Å²) >= 11 is 0. The summed E-state index contributed by atoms with van der Waals surface area (Å²) in [7, 11) is 0. The van der Waals surface area contributed by atoms with Gasteiger partial charge in [-0.15, -0.1) is 0 Å². The van der Waals surface area contributed by atoms with E-state index in [1.165, 1.54) is 6.92 Å². The van der Waals surface area contributed by atoms with Gasteiger partial charge in [-0.2, -0.15) is 0 Å². The maximum Gasteiger partial charge on any atom is 0.333 e. The number of ether oxygens (including phenoxy) is 3. The number of carbonyl (C=O) groups is 3. The Hall–Kier alpha value is -1.85. The average Bonchev–Trinajstić information content (AvgIpc) is 2.46. The summed E-state index contributed by atoms with van der Waals surface area (Å²) < 4.78 is 14.8. The molecule has 0 N–H and O–H groups in total. The second kappa shape index (κ2) is 10.9. The molecule has 0 aromatic rings. The van der Waals surface area contributed by atoms with Crippen LogP contribution in [0.3, 0.4) is 0 Å². The minimum Gasteiger partial charge on any atom is -0.466 e. The summed E-state index contributed by atoms with van der Waals surface area (Å²) in [6, 6.07) is 0. The monoisotopic (exact) mass is 300 g/mol. The van der Waals surface area contributed by atoms with E-state index in [2.05, 4.69) is 6.58 Å². The van der Waals surface area contributed by atoms with Gasteiger partial charge in [-0.1, -0.05) is 20.4 Å². The molecule has 1 unspecified atom stereocenters. The van der Waals surface area contributed by atoms with E-state index in [9.17, 15) is 14.4 Å². The lowest BCUT2D eigenvalue weighted by Gasteiger charge is -2.15. The summed E-state index contributed by atoms with van der Waals surface area (Å²) in [5, 5.41) is 0. The molecule has 120 valence electrons. The van der Waals surface area contributed by atoms with Crippen molar-refractivity contribution in [3.63, 3.8) is 0 Å². The van der Waals surface area contributed by atoms with Crippen LogP contribution in [-0.2, 0) is 28.6 Å². The van der Waals surface area contributed by atoms with Gasteiger partial charge in [0.1, 0.15) is 12.5 Å². The molecule has 1 atom stereocenters. The third-order valence-electron chi connectivity index (χ3n) is 2.43. The molecule has 0 heterocycles. The van der Waals surface area contributed by atoms with Crippen LogP contribution < -0.4 is 0 Å². The second-order valence-electron chi connectivity index (χ2n) is 4.67. The predicted octanol–water partition coefficient (Wildman–Crippen LogP) is 2.02. The van der Waals surface area contributed by atoms with Crippen LogP contribution in [0, 0.1) is 5.92 Å². The molecule has 0 aromatic heterocycles. The van der Waals surface area contributed by atoms with Gasteiger partial charge in [0.15, 0.2) is 0 Å². The van der Waals surface area contributed by atoms with Gasteiger partial charge in [0, 0.05) is 5.57 Å². The van der Waals surface area contributed by atoms with E-state index in [1.807, 2.05) is 13.8 Å². The van der Waals surface area contributed by atoms with Gasteiger partial charge in [0.25, 0.3) is 0 Å². The topological polar surface area (TPSA) is 78.9 Å². The highest BCUT2D eigenvalue weighted by atomic mass is 16.6. The van der Waals surface area contributed by atoms with Crippen LogP contribution in [0.15, 0.2) is 12.2 Å². The van der Waals surface area contributed by atoms with Crippen molar-refractivity contribution in [1.29, 1.82) is 0 Å². The van der Waals surface area contributed by atoms with Crippen molar-refractivity contribution >= 4 is 17.9 Å². The fourth-order valence-electron chi connectivity index (χ4n) is 1.31. The lowest BCUT2D eigenvalue weighted by Crippen LogP contribution is -2.28. The number of esters is 3. The van der Waals surface area contributed by atoms with Gasteiger partial charge >= 0.3 is 17.9 Å². The number of hydrogen-bond acceptors (Lipinski definition) is 6. The minimum absolute atomic E-state index is 0.175. The average molecular weight is 300 g/mol. The van der Waals surface area contributed by atoms with Gasteiger partial charge in [-0.05, 0) is 19.8 Å². The minimum atomic E-state index is -0.857. The third-order valence-corrected chi connectivity index (χ3v) is 2.43. The zero-order chi connectivity index (χ0) is 16.3. The standard InChI is InChI=1S/C15H24O6/c1-5-7-19-13(16)9-12(15(18)20-8-6-2)10-21-14(17)11(3)4/h12H,3,5-10H2,1-2,4H3. The third kappa shape index (κ3) is 8.83. The number of hydrogen-bond donors (Lipinski definition) is 0. The van der Waals surface area contributed by atoms with Gasteiger partial charge < -0.3 is 14.2 Å². The highest BCUT2D eigenvalue weighted by molar-refractivity contribution is 5.87. The van der Waals surface area contributed by atoms with Crippen LogP contribution in [0.5, 0.6) is 0 Å². The first kappa shape index (κ1) is 19.1. The van der Waals surface area contributed by atoms with E-state index in [4.69, 9.17) is 14.2 Å². The van der Waals surface area contributed by atoms with Gasteiger partial charge in [0.2, 0.25) is 0 Å². The molecule has 0 aliphatic carbocycles. The second-order valence-corrected chi connectivity index (χ2v) is 4.67. The van der Waals surface area contributed by atoms with Gasteiger partial charge in [-0.25, -0.2) is 4.79 Å². The molecular formula is C15H24O6. The van der Waals surface area contributed by atoms with E-state index in [0.29, 0.717) is 19.4 Å². The maximum atomic E-state index is 11.9. The largest absolute Gasteiger partial charge is 0.466 e. The molecule has 0 fully saturated rings. The molecule has 21 heavy (non-hydrogen) atoms. The van der Waals surface area contributed by atoms with Gasteiger partial charge in [0.05, 0.1) is 19.6 Å². The van der Waals surface area contributed by atoms with E-state index in [-0.39, 0.29) is 25.2 Å². The van der Waals surface area contributed by atoms with Crippen LogP contribution in [-0.4, -0.2) is 37.7 Å². The van der Waals surface area contributed by atoms with Crippen molar-refractivity contribution in [2.75, 3.05) is 19.8 Å². The van der Waals surface area contributed by atoms with Crippen molar-refractivity contribution in [2.24, 2.45) is 5.92 Å². The first-order chi connectivity index (χ1) is 9.92. The maximum absolute atomic E-state index is 11.9. The fourth-order valence-corrected chi connectivity index (χ4v) is 1.31. The van der Waals surface area contributed by atoms with E-state index >= 15 is 0 Å². The van der Waals surface area contributed by atoms with Crippen molar-refractivity contribution in [3.8, 4) is 0 Å². The molecule has 6 heteroatoms. The SMILES string of the molecule is C=C(C)C(=O)OCC(CC(=O)OCCC)C(=O)OCCC. The Kier molecular flexibility index (Phi) is 9.92. The number of carbonyl (C=O) groups excluding carboxylic acids is 3. The molecule has 0 bridgehead atoms. The van der Waals surface area contributed by atoms with E-state index in [1.54, 1.807) is 0 Å². The summed E-state index contributed by atoms with van der Waals surface area (Å²) in [6.45, 7) is 9.00. The van der Waals surface area contributed by atoms with Gasteiger partial charge in [-0.3, -0.25) is 9.59 Å². The Morgan fingerprint density at radius 3 is 2.10 bits per heavy atom. The zero-order valence-corrected chi connectivity index (χ0v) is 13.0. The van der Waals surface area contributed by atoms with Crippen LogP contribution >= 0.6 is 0 Å². The lowest BCUT2D eigenvalue weighted by atomic mass is 10.1. The van der Waals surface area contributed by atoms with Crippen LogP contribution in [0.1, 0.15) is 40.0 Å². The van der Waals surface area contributed by atoms with Crippen molar-refractivity contribution in [3.05, 3.63) is 12.2 Å². The predicted molar refractivity (Wildman–Crippen MR) is 76.4 cm³/mol. The molecule has 0 aliphatic heterocycles. The Balaban J connectivity index is 4.53. The molecule has 0 saturated heterocycles. The summed E-state index contributed by atoms with van der Waals surface area (Å²) in [5.41, 5.74) is 0.226. The molecular weight excluding hydrogens is 276 g/mol. The van der Waals surface area contributed by atoms with Crippen LogP contribution in [0.2, 0.25) is 0 Å². The smallest absolute Gasteiger partial charge is 0.333 e. The highest BCUT2D eigenvalue weighted by Gasteiger charge is 2.26. The lowest BCUT2D eigenvalue weighted by molar-refractivity contribution is -0.159. The molecule has 0 radical (unpaired) electrons. The molecule has 0 amide bonds. The Bertz CT molecular complexity index is 374. The van der Waals surface area contributed by atoms with Crippen molar-refractivity contribution < 1.29 is 28.6 Å². The first-order valence-electron chi connectivity index (χ1n) is 7.07. The molecule has 0 saturated carbocycles. The number of rotatable bonds is 10. The molecule has 6 nitrogen and oxygen atoms in total. The zero-order valence-electron chi connectivity index (χ0n) is 13.0. The summed E-state index contributed by atoms with van der Waals surface area (Å²) in [6.07, 6.45) is 1.19. The Morgan fingerprint density at radius 1 is 1.00 bits per heavy atom. The Labute approximate surface area is 125 Å². The summed E-state index contributed by atoms with van der Waals surface area (Å²) in [4.78, 5) is 34.8. The van der Waals surface area contributed by atoms with Crippen LogP contribution in [0.25, 0.3) is 0 Å². The molecule has 0 spiro atoms. The van der Waals surface area contributed by atoms with E-state index < -0.39 is 23.8 Å². The first-order valence-corrected chi connectivity index (χ1v) is 7.07. The fraction of sp³-hybridized carbons (Fsp3) is 0.667. The molecule has 0 aromatic carbocycles. The Morgan fingerprint density at radius 2 is 1.57 bits per heavy atom. The quantitative estimate of drug-likeness (QED) is 0.349. The molecule has 0 rings (SSSR count). The van der Waals surface area contributed by atoms with Crippen molar-refractivity contribution in [1.82, 2.24) is 0 Å². The summed E-state index contributed by atoms with van der Waals surface area (Å²) in [5.74, 6) is -2.55.